The topological polar surface area (TPSA) is 86.9 Å². The quantitative estimate of drug-likeness (QED) is 0.736. The Kier molecular flexibility index (Phi) is 2.74. The van der Waals surface area contributed by atoms with Crippen molar-refractivity contribution in [2.24, 2.45) is 23.7 Å². The predicted molar refractivity (Wildman–Crippen MR) is 73.3 cm³/mol. The van der Waals surface area contributed by atoms with Gasteiger partial charge < -0.3 is 5.32 Å². The van der Waals surface area contributed by atoms with Gasteiger partial charge in [0.25, 0.3) is 10.0 Å². The van der Waals surface area contributed by atoms with Gasteiger partial charge in [-0.1, -0.05) is 0 Å². The highest BCUT2D eigenvalue weighted by Gasteiger charge is 2.65. The van der Waals surface area contributed by atoms with E-state index in [1.807, 2.05) is 0 Å². The van der Waals surface area contributed by atoms with E-state index in [0.717, 1.165) is 11.8 Å². The lowest BCUT2D eigenvalue weighted by atomic mass is 10.0. The summed E-state index contributed by atoms with van der Waals surface area (Å²) in [6.45, 7) is 0.496. The van der Waals surface area contributed by atoms with Crippen LogP contribution in [0.15, 0.2) is 11.2 Å². The summed E-state index contributed by atoms with van der Waals surface area (Å²) in [4.78, 5) is 0. The minimum Gasteiger partial charge on any atom is -0.316 e. The van der Waals surface area contributed by atoms with Crippen LogP contribution in [-0.4, -0.2) is 31.7 Å². The fourth-order valence-electron chi connectivity index (χ4n) is 4.57. The molecule has 0 radical (unpaired) electrons. The van der Waals surface area contributed by atoms with Gasteiger partial charge in [0.2, 0.25) is 0 Å². The van der Waals surface area contributed by atoms with E-state index in [2.05, 4.69) is 20.2 Å². The molecule has 1 aromatic heterocycles. The zero-order valence-electron chi connectivity index (χ0n) is 11.5. The summed E-state index contributed by atoms with van der Waals surface area (Å²) in [6.07, 6.45) is 5.48. The highest BCUT2D eigenvalue weighted by molar-refractivity contribution is 7.89. The molecule has 0 aliphatic heterocycles. The van der Waals surface area contributed by atoms with Crippen molar-refractivity contribution in [3.05, 3.63) is 11.8 Å². The molecule has 2 bridgehead atoms. The van der Waals surface area contributed by atoms with Crippen molar-refractivity contribution in [3.8, 4) is 0 Å². The SMILES string of the molecule is CNCc1cn[nH]c1S(=O)(=O)NC1C2C3CCC(C3)C12. The largest absolute Gasteiger partial charge is 0.316 e. The summed E-state index contributed by atoms with van der Waals surface area (Å²) in [5.74, 6) is 2.71. The Bertz CT molecular complexity index is 610. The molecule has 0 amide bonds. The number of nitrogens with zero attached hydrogens (tertiary/aromatic N) is 1. The van der Waals surface area contributed by atoms with E-state index in [1.54, 1.807) is 13.2 Å². The maximum absolute atomic E-state index is 12.5. The molecule has 110 valence electrons. The average molecular weight is 296 g/mol. The molecule has 3 aliphatic carbocycles. The summed E-state index contributed by atoms with van der Waals surface area (Å²) in [5, 5.41) is 9.67. The maximum Gasteiger partial charge on any atom is 0.258 e. The van der Waals surface area contributed by atoms with Crippen LogP contribution in [0.5, 0.6) is 0 Å². The van der Waals surface area contributed by atoms with Crippen molar-refractivity contribution in [3.63, 3.8) is 0 Å². The Balaban J connectivity index is 1.52. The Labute approximate surface area is 118 Å². The number of fused-ring (bicyclic) bond motifs is 5. The number of H-pyrrole nitrogens is 1. The van der Waals surface area contributed by atoms with Gasteiger partial charge in [-0.2, -0.15) is 5.10 Å². The van der Waals surface area contributed by atoms with E-state index in [1.165, 1.54) is 19.3 Å². The second kappa shape index (κ2) is 4.29. The van der Waals surface area contributed by atoms with Gasteiger partial charge in [-0.15, -0.1) is 0 Å². The van der Waals surface area contributed by atoms with Gasteiger partial charge in [0, 0.05) is 18.2 Å². The molecule has 0 aromatic carbocycles. The third kappa shape index (κ3) is 1.76. The number of hydrogen-bond donors (Lipinski definition) is 3. The fraction of sp³-hybridized carbons (Fsp3) is 0.769. The van der Waals surface area contributed by atoms with Crippen molar-refractivity contribution < 1.29 is 8.42 Å². The van der Waals surface area contributed by atoms with E-state index in [0.29, 0.717) is 23.9 Å². The summed E-state index contributed by atoms with van der Waals surface area (Å²) in [7, 11) is -1.68. The summed E-state index contributed by atoms with van der Waals surface area (Å²) in [6, 6.07) is 0.164. The summed E-state index contributed by atoms with van der Waals surface area (Å²) >= 11 is 0. The zero-order chi connectivity index (χ0) is 13.9. The van der Waals surface area contributed by atoms with Crippen molar-refractivity contribution in [1.82, 2.24) is 20.2 Å². The van der Waals surface area contributed by atoms with E-state index in [-0.39, 0.29) is 11.1 Å². The second-order valence-corrected chi connectivity index (χ2v) is 8.04. The molecule has 20 heavy (non-hydrogen) atoms. The molecule has 3 fully saturated rings. The third-order valence-corrected chi connectivity index (χ3v) is 6.81. The third-order valence-electron chi connectivity index (χ3n) is 5.34. The van der Waals surface area contributed by atoms with E-state index in [9.17, 15) is 8.42 Å². The van der Waals surface area contributed by atoms with Crippen LogP contribution in [-0.2, 0) is 16.6 Å². The zero-order valence-corrected chi connectivity index (χ0v) is 12.3. The van der Waals surface area contributed by atoms with Crippen LogP contribution in [0.3, 0.4) is 0 Å². The number of nitrogens with one attached hydrogen (secondary N) is 3. The van der Waals surface area contributed by atoms with Gasteiger partial charge in [0.05, 0.1) is 6.20 Å². The van der Waals surface area contributed by atoms with Gasteiger partial charge >= 0.3 is 0 Å². The smallest absolute Gasteiger partial charge is 0.258 e. The number of aromatic nitrogens is 2. The van der Waals surface area contributed by atoms with Crippen molar-refractivity contribution in [1.29, 1.82) is 0 Å². The van der Waals surface area contributed by atoms with Gasteiger partial charge in [-0.3, -0.25) is 5.10 Å². The van der Waals surface area contributed by atoms with E-state index >= 15 is 0 Å². The second-order valence-electron chi connectivity index (χ2n) is 6.39. The molecule has 4 atom stereocenters. The number of aromatic amines is 1. The Hall–Kier alpha value is -0.920. The predicted octanol–water partition coefficient (Wildman–Crippen LogP) is 0.452. The number of hydrogen-bond acceptors (Lipinski definition) is 4. The molecule has 0 spiro atoms. The average Bonchev–Trinajstić information content (AvgIpc) is 2.83. The molecule has 3 N–H and O–H groups in total. The molecule has 4 unspecified atom stereocenters. The molecular formula is C13H20N4O2S. The first-order valence-electron chi connectivity index (χ1n) is 7.31. The van der Waals surface area contributed by atoms with Crippen LogP contribution in [0.4, 0.5) is 0 Å². The lowest BCUT2D eigenvalue weighted by Gasteiger charge is -2.11. The van der Waals surface area contributed by atoms with Crippen LogP contribution in [0.1, 0.15) is 24.8 Å². The van der Waals surface area contributed by atoms with Crippen LogP contribution in [0.25, 0.3) is 0 Å². The molecule has 3 saturated carbocycles. The van der Waals surface area contributed by atoms with E-state index < -0.39 is 10.0 Å². The molecular weight excluding hydrogens is 276 g/mol. The molecule has 4 rings (SSSR count). The monoisotopic (exact) mass is 296 g/mol. The molecule has 1 heterocycles. The van der Waals surface area contributed by atoms with Crippen LogP contribution in [0.2, 0.25) is 0 Å². The minimum atomic E-state index is -3.48. The van der Waals surface area contributed by atoms with Gasteiger partial charge in [0.1, 0.15) is 0 Å². The number of rotatable bonds is 5. The molecule has 1 aromatic rings. The molecule has 3 aliphatic rings. The van der Waals surface area contributed by atoms with Crippen LogP contribution in [0, 0.1) is 23.7 Å². The van der Waals surface area contributed by atoms with Crippen molar-refractivity contribution >= 4 is 10.0 Å². The van der Waals surface area contributed by atoms with Gasteiger partial charge in [0.15, 0.2) is 5.03 Å². The minimum absolute atomic E-state index is 0.164. The Morgan fingerprint density at radius 3 is 2.70 bits per heavy atom. The lowest BCUT2D eigenvalue weighted by molar-refractivity contribution is 0.456. The first kappa shape index (κ1) is 12.8. The van der Waals surface area contributed by atoms with Crippen molar-refractivity contribution in [2.45, 2.75) is 36.9 Å². The van der Waals surface area contributed by atoms with Crippen molar-refractivity contribution in [2.75, 3.05) is 7.05 Å². The molecule has 7 heteroatoms. The molecule has 6 nitrogen and oxygen atoms in total. The Morgan fingerprint density at radius 1 is 1.35 bits per heavy atom. The normalized spacial score (nSPS) is 38.1. The first-order chi connectivity index (χ1) is 9.62. The Morgan fingerprint density at radius 2 is 2.05 bits per heavy atom. The maximum atomic E-state index is 12.5. The standard InChI is InChI=1S/C13H20N4O2S/c1-14-5-9-6-15-16-13(9)20(18,19)17-12-10-7-2-3-8(4-7)11(10)12/h6-8,10-12,14,17H,2-5H2,1H3,(H,15,16). The van der Waals surface area contributed by atoms with E-state index in [4.69, 9.17) is 0 Å². The van der Waals surface area contributed by atoms with Gasteiger partial charge in [-0.05, 0) is 50.0 Å². The summed E-state index contributed by atoms with van der Waals surface area (Å²) < 4.78 is 27.9. The van der Waals surface area contributed by atoms with Gasteiger partial charge in [-0.25, -0.2) is 13.1 Å². The highest BCUT2D eigenvalue weighted by atomic mass is 32.2. The number of sulfonamides is 1. The fourth-order valence-corrected chi connectivity index (χ4v) is 6.00. The first-order valence-corrected chi connectivity index (χ1v) is 8.79. The molecule has 0 saturated heterocycles. The highest BCUT2D eigenvalue weighted by Crippen LogP contribution is 2.65. The lowest BCUT2D eigenvalue weighted by Crippen LogP contribution is -2.31. The van der Waals surface area contributed by atoms with Crippen LogP contribution >= 0.6 is 0 Å². The van der Waals surface area contributed by atoms with Crippen LogP contribution < -0.4 is 10.0 Å². The summed E-state index contributed by atoms with van der Waals surface area (Å²) in [5.41, 5.74) is 0.689.